The van der Waals surface area contributed by atoms with Gasteiger partial charge in [-0.05, 0) is 15.4 Å². The number of H-pyrrole nitrogens is 1. The number of anilines is 1. The van der Waals surface area contributed by atoms with Gasteiger partial charge in [-0.15, -0.1) is 0 Å². The number of aromatic amines is 1. The zero-order valence-corrected chi connectivity index (χ0v) is 39.4. The number of amides is 1. The van der Waals surface area contributed by atoms with E-state index in [2.05, 4.69) is 65.3 Å². The molecule has 0 spiro atoms. The van der Waals surface area contributed by atoms with Gasteiger partial charge >= 0.3 is 19.8 Å². The van der Waals surface area contributed by atoms with Crippen molar-refractivity contribution < 1.29 is 60.6 Å². The van der Waals surface area contributed by atoms with E-state index in [9.17, 15) is 23.7 Å². The lowest BCUT2D eigenvalue weighted by Gasteiger charge is -2.43. The third-order valence-corrected chi connectivity index (χ3v) is 16.5. The van der Waals surface area contributed by atoms with Gasteiger partial charge in [-0.1, -0.05) is 95.3 Å². The van der Waals surface area contributed by atoms with Gasteiger partial charge in [0.25, 0.3) is 13.9 Å². The van der Waals surface area contributed by atoms with E-state index in [1.807, 2.05) is 42.5 Å². The number of benzene rings is 2. The SMILES string of the molecule is CC(=O)O[C@@H]1[C@H](OC(C)=O)[C@@H](COP(=O)(OCCC#N)OCCOCCOCCO[Si](c2ccccc2)(c2ccccc2)C(C)(C)C)O[C@H]1n1cnc2c(=O)[nH]c(NC(=O)C(C)C)nc21. The van der Waals surface area contributed by atoms with Crippen molar-refractivity contribution in [2.24, 2.45) is 5.92 Å². The van der Waals surface area contributed by atoms with Crippen LogP contribution in [0.4, 0.5) is 5.95 Å². The zero-order chi connectivity index (χ0) is 47.2. The van der Waals surface area contributed by atoms with Crippen LogP contribution in [0.1, 0.15) is 61.1 Å². The van der Waals surface area contributed by atoms with Crippen molar-refractivity contribution in [1.29, 1.82) is 5.26 Å². The van der Waals surface area contributed by atoms with Gasteiger partial charge in [0, 0.05) is 19.8 Å². The number of phosphoric ester groups is 1. The third kappa shape index (κ3) is 13.2. The molecule has 0 radical (unpaired) electrons. The average Bonchev–Trinajstić information content (AvgIpc) is 3.82. The molecule has 352 valence electrons. The van der Waals surface area contributed by atoms with E-state index in [0.29, 0.717) is 13.2 Å². The highest BCUT2D eigenvalue weighted by Crippen LogP contribution is 2.50. The van der Waals surface area contributed by atoms with Crippen LogP contribution in [0.25, 0.3) is 11.2 Å². The minimum Gasteiger partial charge on any atom is -0.456 e. The van der Waals surface area contributed by atoms with Crippen molar-refractivity contribution >= 4 is 61.5 Å². The highest BCUT2D eigenvalue weighted by Gasteiger charge is 2.52. The van der Waals surface area contributed by atoms with Crippen molar-refractivity contribution in [3.05, 3.63) is 77.3 Å². The number of phosphoric acid groups is 1. The number of carbonyl (C=O) groups excluding carboxylic acids is 3. The molecule has 2 N–H and O–H groups in total. The summed E-state index contributed by atoms with van der Waals surface area (Å²) < 4.78 is 67.5. The summed E-state index contributed by atoms with van der Waals surface area (Å²) >= 11 is 0. The third-order valence-electron chi connectivity index (χ3n) is 10.0. The van der Waals surface area contributed by atoms with E-state index in [-0.39, 0.29) is 61.6 Å². The van der Waals surface area contributed by atoms with E-state index >= 15 is 0 Å². The number of nitrogens with zero attached hydrogens (tertiary/aromatic N) is 4. The number of esters is 2. The van der Waals surface area contributed by atoms with Crippen LogP contribution in [0.2, 0.25) is 5.04 Å². The summed E-state index contributed by atoms with van der Waals surface area (Å²) in [4.78, 5) is 61.0. The molecule has 2 aromatic heterocycles. The minimum atomic E-state index is -4.44. The molecule has 0 saturated carbocycles. The Morgan fingerprint density at radius 1 is 0.877 bits per heavy atom. The topological polar surface area (TPSA) is 251 Å². The summed E-state index contributed by atoms with van der Waals surface area (Å²) in [6, 6.07) is 22.5. The van der Waals surface area contributed by atoms with Gasteiger partial charge in [0.05, 0.1) is 71.7 Å². The molecule has 5 atom stereocenters. The molecule has 4 aromatic rings. The normalized spacial score (nSPS) is 18.6. The number of ether oxygens (including phenoxy) is 5. The summed E-state index contributed by atoms with van der Waals surface area (Å²) in [6.45, 7) is 12.1. The molecule has 65 heavy (non-hydrogen) atoms. The highest BCUT2D eigenvalue weighted by atomic mass is 31.2. The first kappa shape index (κ1) is 50.9. The lowest BCUT2D eigenvalue weighted by molar-refractivity contribution is -0.165. The molecular formula is C43H57N6O14PSi. The van der Waals surface area contributed by atoms with E-state index in [4.69, 9.17) is 46.9 Å². The van der Waals surface area contributed by atoms with Gasteiger partial charge in [-0.3, -0.25) is 47.6 Å². The van der Waals surface area contributed by atoms with Gasteiger partial charge in [-0.2, -0.15) is 10.2 Å². The molecule has 3 heterocycles. The number of hydrogen-bond donors (Lipinski definition) is 2. The first-order valence-electron chi connectivity index (χ1n) is 21.1. The highest BCUT2D eigenvalue weighted by molar-refractivity contribution is 7.48. The van der Waals surface area contributed by atoms with Gasteiger partial charge in [-0.25, -0.2) is 9.55 Å². The Labute approximate surface area is 377 Å². The maximum Gasteiger partial charge on any atom is 0.474 e. The molecule has 22 heteroatoms. The predicted octanol–water partition coefficient (Wildman–Crippen LogP) is 4.16. The summed E-state index contributed by atoms with van der Waals surface area (Å²) in [6.07, 6.45) is -4.27. The molecule has 20 nitrogen and oxygen atoms in total. The number of rotatable bonds is 24. The smallest absolute Gasteiger partial charge is 0.456 e. The molecule has 2 aromatic carbocycles. The monoisotopic (exact) mass is 940 g/mol. The lowest BCUT2D eigenvalue weighted by Crippen LogP contribution is -2.66. The van der Waals surface area contributed by atoms with Crippen LogP contribution in [0, 0.1) is 17.2 Å². The Balaban J connectivity index is 1.19. The Bertz CT molecular complexity index is 2310. The molecule has 1 aliphatic rings. The second-order valence-electron chi connectivity index (χ2n) is 16.1. The standard InChI is InChI=1S/C43H57N6O14PSi/c1-29(2)39(52)47-42-46-38-35(40(53)48-42)45-28-49(38)41-37(62-31(4)51)36(61-30(3)50)34(63-41)27-59-64(54,57-20-14-19-44)58-25-23-55-21-22-56-24-26-60-65(43(5,6)7,32-15-10-8-11-16-32)33-17-12-9-13-18-33/h8-13,15-18,28-29,34,36-37,41H,14,20-27H2,1-7H3,(H2,46,47,48,52,53)/t34-,36-,37-,41-,64?/m1/s1. The van der Waals surface area contributed by atoms with Crippen LogP contribution < -0.4 is 21.2 Å². The fraction of sp³-hybridized carbons (Fsp3) is 0.512. The number of carbonyl (C=O) groups is 3. The Hall–Kier alpha value is -5.14. The molecule has 1 saturated heterocycles. The summed E-state index contributed by atoms with van der Waals surface area (Å²) in [5.41, 5.74) is -0.896. The number of imidazole rings is 1. The van der Waals surface area contributed by atoms with E-state index in [0.717, 1.165) is 13.8 Å². The Kier molecular flexibility index (Phi) is 18.3. The number of aromatic nitrogens is 4. The van der Waals surface area contributed by atoms with Crippen molar-refractivity contribution in [2.75, 3.05) is 58.2 Å². The molecule has 0 bridgehead atoms. The van der Waals surface area contributed by atoms with Crippen molar-refractivity contribution in [3.63, 3.8) is 0 Å². The van der Waals surface area contributed by atoms with Gasteiger partial charge < -0.3 is 28.1 Å². The van der Waals surface area contributed by atoms with Crippen molar-refractivity contribution in [1.82, 2.24) is 19.5 Å². The quantitative estimate of drug-likeness (QED) is 0.0433. The van der Waals surface area contributed by atoms with E-state index in [1.165, 1.54) is 21.3 Å². The zero-order valence-electron chi connectivity index (χ0n) is 37.6. The van der Waals surface area contributed by atoms with Crippen LogP contribution in [-0.2, 0) is 60.6 Å². The van der Waals surface area contributed by atoms with Gasteiger partial charge in [0.15, 0.2) is 29.6 Å². The molecule has 0 aliphatic carbocycles. The average molecular weight is 941 g/mol. The van der Waals surface area contributed by atoms with E-state index < -0.39 is 76.6 Å². The number of hydrogen-bond acceptors (Lipinski definition) is 17. The maximum atomic E-state index is 13.9. The van der Waals surface area contributed by atoms with Crippen LogP contribution in [0.5, 0.6) is 0 Å². The first-order chi connectivity index (χ1) is 31.0. The maximum absolute atomic E-state index is 13.9. The summed E-state index contributed by atoms with van der Waals surface area (Å²) in [7, 11) is -7.15. The summed E-state index contributed by atoms with van der Waals surface area (Å²) in [5, 5.41) is 13.8. The molecule has 1 amide bonds. The van der Waals surface area contributed by atoms with Crippen LogP contribution in [0.15, 0.2) is 71.8 Å². The fourth-order valence-electron chi connectivity index (χ4n) is 7.17. The number of nitriles is 1. The number of fused-ring (bicyclic) bond motifs is 1. The first-order valence-corrected chi connectivity index (χ1v) is 24.4. The van der Waals surface area contributed by atoms with Crippen LogP contribution in [-0.4, -0.2) is 117 Å². The van der Waals surface area contributed by atoms with Crippen LogP contribution >= 0.6 is 7.82 Å². The number of nitrogens with one attached hydrogen (secondary N) is 2. The Morgan fingerprint density at radius 2 is 1.45 bits per heavy atom. The molecular weight excluding hydrogens is 884 g/mol. The Morgan fingerprint density at radius 3 is 2.02 bits per heavy atom. The van der Waals surface area contributed by atoms with Gasteiger partial charge in [0.1, 0.15) is 6.10 Å². The lowest BCUT2D eigenvalue weighted by atomic mass is 10.1. The van der Waals surface area contributed by atoms with Crippen molar-refractivity contribution in [3.8, 4) is 6.07 Å². The van der Waals surface area contributed by atoms with Gasteiger partial charge in [0.2, 0.25) is 11.9 Å². The molecule has 1 aliphatic heterocycles. The summed E-state index contributed by atoms with van der Waals surface area (Å²) in [5.74, 6) is -2.59. The van der Waals surface area contributed by atoms with Crippen molar-refractivity contribution in [2.45, 2.75) is 84.5 Å². The largest absolute Gasteiger partial charge is 0.474 e. The molecule has 1 fully saturated rings. The predicted molar refractivity (Wildman–Crippen MR) is 238 cm³/mol. The molecule has 1 unspecified atom stereocenters. The van der Waals surface area contributed by atoms with E-state index in [1.54, 1.807) is 13.8 Å². The van der Waals surface area contributed by atoms with Crippen LogP contribution in [0.3, 0.4) is 0 Å². The minimum absolute atomic E-state index is 0.0388. The second-order valence-corrected chi connectivity index (χ2v) is 22.1. The fourth-order valence-corrected chi connectivity index (χ4v) is 12.9. The molecule has 5 rings (SSSR count). The second kappa shape index (κ2) is 23.3.